The molecule has 0 aromatic heterocycles. The fourth-order valence-corrected chi connectivity index (χ4v) is 9.13. The number of likely N-dealkylation sites (tertiary alicyclic amines) is 1. The first-order valence-electron chi connectivity index (χ1n) is 11.4. The highest BCUT2D eigenvalue weighted by molar-refractivity contribution is 6.78. The lowest BCUT2D eigenvalue weighted by Crippen LogP contribution is -2.67. The van der Waals surface area contributed by atoms with Crippen molar-refractivity contribution in [3.05, 3.63) is 35.9 Å². The molecule has 4 nitrogen and oxygen atoms in total. The van der Waals surface area contributed by atoms with Crippen LogP contribution in [-0.2, 0) is 4.79 Å². The van der Waals surface area contributed by atoms with E-state index in [0.717, 1.165) is 12.8 Å². The molecular formula is C24H36N2O2Si. The van der Waals surface area contributed by atoms with Gasteiger partial charge in [0.15, 0.2) is 0 Å². The number of rotatable bonds is 4. The van der Waals surface area contributed by atoms with Gasteiger partial charge in [-0.25, -0.2) is 0 Å². The van der Waals surface area contributed by atoms with Crippen LogP contribution in [-0.4, -0.2) is 42.4 Å². The first-order valence-corrected chi connectivity index (χ1v) is 14.9. The Kier molecular flexibility index (Phi) is 5.17. The molecule has 1 unspecified atom stereocenters. The van der Waals surface area contributed by atoms with E-state index in [-0.39, 0.29) is 17.7 Å². The smallest absolute Gasteiger partial charge is 0.252 e. The van der Waals surface area contributed by atoms with E-state index in [9.17, 15) is 9.59 Å². The zero-order valence-corrected chi connectivity index (χ0v) is 19.6. The lowest BCUT2D eigenvalue weighted by Gasteiger charge is -2.47. The summed E-state index contributed by atoms with van der Waals surface area (Å²) in [6.45, 7) is 11.5. The van der Waals surface area contributed by atoms with Crippen molar-refractivity contribution in [2.75, 3.05) is 0 Å². The molecule has 2 saturated carbocycles. The van der Waals surface area contributed by atoms with Crippen LogP contribution in [0.1, 0.15) is 56.3 Å². The molecule has 158 valence electrons. The quantitative estimate of drug-likeness (QED) is 0.729. The number of fused-ring (bicyclic) bond motifs is 1. The van der Waals surface area contributed by atoms with Crippen LogP contribution < -0.4 is 5.32 Å². The normalized spacial score (nSPS) is 35.2. The van der Waals surface area contributed by atoms with Crippen LogP contribution in [0.15, 0.2) is 30.3 Å². The van der Waals surface area contributed by atoms with Crippen molar-refractivity contribution in [3.63, 3.8) is 0 Å². The molecule has 5 atom stereocenters. The first-order chi connectivity index (χ1) is 13.7. The van der Waals surface area contributed by atoms with Gasteiger partial charge in [-0.05, 0) is 49.3 Å². The number of benzene rings is 1. The molecule has 4 rings (SSSR count). The second kappa shape index (κ2) is 7.26. The third kappa shape index (κ3) is 3.45. The van der Waals surface area contributed by atoms with Crippen LogP contribution in [0, 0.1) is 11.8 Å². The van der Waals surface area contributed by atoms with Crippen LogP contribution in [0.5, 0.6) is 0 Å². The summed E-state index contributed by atoms with van der Waals surface area (Å²) in [5.41, 5.74) is 0.427. The fraction of sp³-hybridized carbons (Fsp3) is 0.667. The van der Waals surface area contributed by atoms with Gasteiger partial charge in [0.1, 0.15) is 5.54 Å². The summed E-state index contributed by atoms with van der Waals surface area (Å²) >= 11 is 0. The van der Waals surface area contributed by atoms with Gasteiger partial charge >= 0.3 is 0 Å². The van der Waals surface area contributed by atoms with Crippen molar-refractivity contribution in [2.24, 2.45) is 11.8 Å². The average Bonchev–Trinajstić information content (AvgIpc) is 3.44. The lowest BCUT2D eigenvalue weighted by atomic mass is 9.77. The Labute approximate surface area is 176 Å². The van der Waals surface area contributed by atoms with Gasteiger partial charge in [0, 0.05) is 17.6 Å². The van der Waals surface area contributed by atoms with Gasteiger partial charge < -0.3 is 10.2 Å². The molecule has 1 saturated heterocycles. The number of carbonyl (C=O) groups is 2. The van der Waals surface area contributed by atoms with Gasteiger partial charge in [-0.1, -0.05) is 64.0 Å². The maximum Gasteiger partial charge on any atom is 0.252 e. The molecule has 1 aliphatic heterocycles. The summed E-state index contributed by atoms with van der Waals surface area (Å²) in [7, 11) is -1.40. The predicted molar refractivity (Wildman–Crippen MR) is 120 cm³/mol. The topological polar surface area (TPSA) is 49.4 Å². The Balaban J connectivity index is 1.66. The van der Waals surface area contributed by atoms with Crippen molar-refractivity contribution >= 4 is 19.9 Å². The predicted octanol–water partition coefficient (Wildman–Crippen LogP) is 4.69. The van der Waals surface area contributed by atoms with Crippen molar-refractivity contribution in [1.29, 1.82) is 0 Å². The Morgan fingerprint density at radius 2 is 1.72 bits per heavy atom. The Bertz CT molecular complexity index is 784. The summed E-state index contributed by atoms with van der Waals surface area (Å²) in [6.07, 6.45) is 5.94. The minimum Gasteiger partial charge on any atom is -0.338 e. The minimum atomic E-state index is -1.40. The summed E-state index contributed by atoms with van der Waals surface area (Å²) < 4.78 is 0. The highest BCUT2D eigenvalue weighted by Gasteiger charge is 2.70. The van der Waals surface area contributed by atoms with E-state index < -0.39 is 13.6 Å². The van der Waals surface area contributed by atoms with Crippen molar-refractivity contribution < 1.29 is 9.59 Å². The van der Waals surface area contributed by atoms with Crippen LogP contribution in [0.25, 0.3) is 0 Å². The molecule has 3 fully saturated rings. The van der Waals surface area contributed by atoms with Crippen LogP contribution >= 0.6 is 0 Å². The third-order valence-electron chi connectivity index (χ3n) is 7.90. The molecule has 1 aromatic carbocycles. The summed E-state index contributed by atoms with van der Waals surface area (Å²) in [4.78, 5) is 29.2. The van der Waals surface area contributed by atoms with Gasteiger partial charge in [-0.15, -0.1) is 0 Å². The molecule has 0 spiro atoms. The number of nitrogens with one attached hydrogen (secondary N) is 1. The van der Waals surface area contributed by atoms with E-state index in [1.165, 1.54) is 19.3 Å². The summed E-state index contributed by atoms with van der Waals surface area (Å²) in [5.74, 6) is 0.690. The second-order valence-corrected chi connectivity index (χ2v) is 16.2. The van der Waals surface area contributed by atoms with Gasteiger partial charge in [0.25, 0.3) is 5.91 Å². The van der Waals surface area contributed by atoms with Crippen molar-refractivity contribution in [1.82, 2.24) is 10.2 Å². The molecule has 1 heterocycles. The molecule has 2 aliphatic carbocycles. The number of hydrogen-bond donors (Lipinski definition) is 1. The Morgan fingerprint density at radius 1 is 1.10 bits per heavy atom. The molecule has 1 N–H and O–H groups in total. The highest BCUT2D eigenvalue weighted by atomic mass is 28.3. The maximum atomic E-state index is 14.0. The van der Waals surface area contributed by atoms with Gasteiger partial charge in [-0.3, -0.25) is 9.59 Å². The molecular weight excluding hydrogens is 376 g/mol. The first kappa shape index (κ1) is 20.6. The molecule has 5 heteroatoms. The van der Waals surface area contributed by atoms with Crippen molar-refractivity contribution in [3.8, 4) is 0 Å². The molecule has 1 aromatic rings. The second-order valence-electron chi connectivity index (χ2n) is 10.8. The van der Waals surface area contributed by atoms with Crippen LogP contribution in [0.3, 0.4) is 0 Å². The molecule has 3 aliphatic rings. The SMILES string of the molecule is C[C@H]1[C@@H]2C([Si](C)(C)C)[C@H]2N(C2CCCCC2)C(=O)[C@]1(C)NC(=O)c1ccccc1. The third-order valence-corrected chi connectivity index (χ3v) is 10.6. The average molecular weight is 413 g/mol. The zero-order valence-electron chi connectivity index (χ0n) is 18.6. The van der Waals surface area contributed by atoms with Gasteiger partial charge in [0.05, 0.1) is 8.07 Å². The highest BCUT2D eigenvalue weighted by Crippen LogP contribution is 2.64. The van der Waals surface area contributed by atoms with Crippen LogP contribution in [0.4, 0.5) is 0 Å². The van der Waals surface area contributed by atoms with Gasteiger partial charge in [0.2, 0.25) is 5.91 Å². The lowest BCUT2D eigenvalue weighted by molar-refractivity contribution is -0.147. The molecule has 0 radical (unpaired) electrons. The number of hydrogen-bond acceptors (Lipinski definition) is 2. The molecule has 2 amide bonds. The zero-order chi connectivity index (χ0) is 21.0. The van der Waals surface area contributed by atoms with E-state index in [2.05, 4.69) is 36.8 Å². The Morgan fingerprint density at radius 3 is 2.31 bits per heavy atom. The van der Waals surface area contributed by atoms with Crippen molar-refractivity contribution in [2.45, 2.75) is 88.8 Å². The summed E-state index contributed by atoms with van der Waals surface area (Å²) in [5, 5.41) is 3.19. The Hall–Kier alpha value is -1.62. The van der Waals surface area contributed by atoms with E-state index in [4.69, 9.17) is 0 Å². The minimum absolute atomic E-state index is 0.138. The monoisotopic (exact) mass is 412 g/mol. The summed E-state index contributed by atoms with van der Waals surface area (Å²) in [6, 6.07) is 10.0. The fourth-order valence-electron chi connectivity index (χ4n) is 6.19. The molecule has 0 bridgehead atoms. The molecule has 29 heavy (non-hydrogen) atoms. The van der Waals surface area contributed by atoms with E-state index >= 15 is 0 Å². The van der Waals surface area contributed by atoms with Gasteiger partial charge in [-0.2, -0.15) is 0 Å². The maximum absolute atomic E-state index is 14.0. The van der Waals surface area contributed by atoms with E-state index in [1.807, 2.05) is 37.3 Å². The largest absolute Gasteiger partial charge is 0.338 e. The number of amides is 2. The standard InChI is InChI=1S/C24H36N2O2Si/c1-16-19-20(21(19)29(3,4)5)26(18-14-10-7-11-15-18)23(28)24(16,2)25-22(27)17-12-8-6-9-13-17/h6,8-9,12-13,16,18-21H,7,10-11,14-15H2,1-5H3,(H,25,27)/t16-,19-,20-,21?,24+/m0/s1. The van der Waals surface area contributed by atoms with E-state index in [0.29, 0.717) is 29.1 Å². The van der Waals surface area contributed by atoms with Crippen LogP contribution in [0.2, 0.25) is 25.2 Å². The number of carbonyl (C=O) groups excluding carboxylic acids is 2. The number of piperidine rings is 1. The number of nitrogens with zero attached hydrogens (tertiary/aromatic N) is 1. The van der Waals surface area contributed by atoms with E-state index in [1.54, 1.807) is 0 Å².